The molecule has 4 heteroatoms. The minimum absolute atomic E-state index is 0.173. The molecule has 0 aromatic heterocycles. The van der Waals surface area contributed by atoms with Crippen molar-refractivity contribution in [2.24, 2.45) is 5.73 Å². The second-order valence-corrected chi connectivity index (χ2v) is 6.38. The van der Waals surface area contributed by atoms with E-state index in [1.807, 2.05) is 12.1 Å². The molecule has 1 aromatic carbocycles. The lowest BCUT2D eigenvalue weighted by Crippen LogP contribution is -2.43. The summed E-state index contributed by atoms with van der Waals surface area (Å²) in [5.41, 5.74) is 8.59. The van der Waals surface area contributed by atoms with Gasteiger partial charge in [0.25, 0.3) is 0 Å². The fourth-order valence-electron chi connectivity index (χ4n) is 3.26. The van der Waals surface area contributed by atoms with Gasteiger partial charge >= 0.3 is 0 Å². The van der Waals surface area contributed by atoms with Crippen molar-refractivity contribution in [3.05, 3.63) is 28.8 Å². The van der Waals surface area contributed by atoms with E-state index in [0.29, 0.717) is 12.2 Å². The summed E-state index contributed by atoms with van der Waals surface area (Å²) in [6.07, 6.45) is 4.97. The van der Waals surface area contributed by atoms with Crippen LogP contribution in [0.5, 0.6) is 0 Å². The maximum atomic E-state index is 6.42. The molecule has 2 fully saturated rings. The first-order chi connectivity index (χ1) is 9.67. The van der Waals surface area contributed by atoms with Gasteiger partial charge in [-0.25, -0.2) is 0 Å². The largest absolute Gasteiger partial charge is 0.371 e. The lowest BCUT2D eigenvalue weighted by atomic mass is 10.0. The molecule has 110 valence electrons. The molecule has 2 bridgehead atoms. The maximum Gasteiger partial charge on any atom is 0.0755 e. The number of nitrogens with two attached hydrogens (primary N) is 1. The van der Waals surface area contributed by atoms with Gasteiger partial charge in [0.15, 0.2) is 0 Å². The molecule has 3 rings (SSSR count). The average molecular weight is 295 g/mol. The Morgan fingerprint density at radius 2 is 2.05 bits per heavy atom. The van der Waals surface area contributed by atoms with Gasteiger partial charge in [-0.05, 0) is 43.4 Å². The van der Waals surface area contributed by atoms with Crippen LogP contribution in [-0.4, -0.2) is 31.3 Å². The van der Waals surface area contributed by atoms with Crippen molar-refractivity contribution in [3.8, 4) is 0 Å². The van der Waals surface area contributed by atoms with E-state index in [-0.39, 0.29) is 6.04 Å². The third-order valence-corrected chi connectivity index (χ3v) is 4.82. The minimum Gasteiger partial charge on any atom is -0.371 e. The van der Waals surface area contributed by atoms with Gasteiger partial charge in [0, 0.05) is 29.8 Å². The van der Waals surface area contributed by atoms with Crippen LogP contribution in [0.4, 0.5) is 5.69 Å². The molecule has 2 aliphatic heterocycles. The van der Waals surface area contributed by atoms with Crippen molar-refractivity contribution in [1.82, 2.24) is 0 Å². The number of hydrogen-bond acceptors (Lipinski definition) is 3. The first kappa shape index (κ1) is 14.2. The van der Waals surface area contributed by atoms with Crippen LogP contribution in [0.1, 0.15) is 31.7 Å². The summed E-state index contributed by atoms with van der Waals surface area (Å²) < 4.78 is 5.92. The van der Waals surface area contributed by atoms with Crippen LogP contribution in [0.2, 0.25) is 5.02 Å². The minimum atomic E-state index is 0.173. The van der Waals surface area contributed by atoms with Gasteiger partial charge in [-0.15, -0.1) is 0 Å². The van der Waals surface area contributed by atoms with Crippen molar-refractivity contribution in [1.29, 1.82) is 0 Å². The van der Waals surface area contributed by atoms with Gasteiger partial charge in [-0.2, -0.15) is 0 Å². The Bertz CT molecular complexity index is 468. The molecule has 0 radical (unpaired) electrons. The number of hydrogen-bond donors (Lipinski definition) is 1. The number of anilines is 1. The Kier molecular flexibility index (Phi) is 4.20. The molecule has 1 aromatic rings. The van der Waals surface area contributed by atoms with Gasteiger partial charge in [0.1, 0.15) is 0 Å². The van der Waals surface area contributed by atoms with E-state index in [1.165, 1.54) is 24.1 Å². The number of fused-ring (bicyclic) bond motifs is 2. The highest BCUT2D eigenvalue weighted by Crippen LogP contribution is 2.34. The van der Waals surface area contributed by atoms with E-state index >= 15 is 0 Å². The summed E-state index contributed by atoms with van der Waals surface area (Å²) >= 11 is 6.42. The number of nitrogens with zero attached hydrogens (tertiary/aromatic N) is 1. The molecule has 0 aliphatic carbocycles. The molecule has 0 spiro atoms. The lowest BCUT2D eigenvalue weighted by molar-refractivity contribution is 0.0304. The zero-order valence-corrected chi connectivity index (χ0v) is 12.8. The predicted octanol–water partition coefficient (Wildman–Crippen LogP) is 2.99. The molecule has 2 saturated heterocycles. The Balaban J connectivity index is 1.86. The van der Waals surface area contributed by atoms with Crippen molar-refractivity contribution in [2.75, 3.05) is 18.0 Å². The molecule has 3 nitrogen and oxygen atoms in total. The highest BCUT2D eigenvalue weighted by atomic mass is 35.5. The van der Waals surface area contributed by atoms with Crippen LogP contribution >= 0.6 is 11.6 Å². The first-order valence-corrected chi connectivity index (χ1v) is 7.98. The van der Waals surface area contributed by atoms with Gasteiger partial charge in [-0.1, -0.05) is 24.6 Å². The second kappa shape index (κ2) is 5.92. The average Bonchev–Trinajstić information content (AvgIpc) is 2.79. The van der Waals surface area contributed by atoms with E-state index in [0.717, 1.165) is 31.0 Å². The van der Waals surface area contributed by atoms with E-state index in [9.17, 15) is 0 Å². The van der Waals surface area contributed by atoms with Gasteiger partial charge in [0.2, 0.25) is 0 Å². The summed E-state index contributed by atoms with van der Waals surface area (Å²) in [4.78, 5) is 2.44. The zero-order chi connectivity index (χ0) is 14.1. The first-order valence-electron chi connectivity index (χ1n) is 7.60. The SMILES string of the molecule is CCC(N)Cc1c(Cl)cccc1N1CC2CCC(C1)O2. The third-order valence-electron chi connectivity index (χ3n) is 4.47. The Hall–Kier alpha value is -0.770. The monoisotopic (exact) mass is 294 g/mol. The fraction of sp³-hybridized carbons (Fsp3) is 0.625. The van der Waals surface area contributed by atoms with Gasteiger partial charge in [0.05, 0.1) is 12.2 Å². The van der Waals surface area contributed by atoms with E-state index < -0.39 is 0 Å². The van der Waals surface area contributed by atoms with Crippen molar-refractivity contribution in [2.45, 2.75) is 50.9 Å². The maximum absolute atomic E-state index is 6.42. The summed E-state index contributed by atoms with van der Waals surface area (Å²) in [7, 11) is 0. The molecular weight excluding hydrogens is 272 g/mol. The quantitative estimate of drug-likeness (QED) is 0.928. The number of rotatable bonds is 4. The van der Waals surface area contributed by atoms with Crippen molar-refractivity contribution >= 4 is 17.3 Å². The number of morpholine rings is 1. The van der Waals surface area contributed by atoms with Crippen molar-refractivity contribution < 1.29 is 4.74 Å². The summed E-state index contributed by atoms with van der Waals surface area (Å²) in [6, 6.07) is 6.36. The summed E-state index contributed by atoms with van der Waals surface area (Å²) in [5.74, 6) is 0. The van der Waals surface area contributed by atoms with E-state index in [4.69, 9.17) is 22.1 Å². The van der Waals surface area contributed by atoms with Gasteiger partial charge in [-0.3, -0.25) is 0 Å². The molecule has 2 aliphatic rings. The summed E-state index contributed by atoms with van der Waals surface area (Å²) in [6.45, 7) is 4.08. The van der Waals surface area contributed by atoms with Crippen LogP contribution < -0.4 is 10.6 Å². The highest BCUT2D eigenvalue weighted by molar-refractivity contribution is 6.31. The van der Waals surface area contributed by atoms with Crippen LogP contribution in [0.25, 0.3) is 0 Å². The van der Waals surface area contributed by atoms with Crippen LogP contribution in [0.15, 0.2) is 18.2 Å². The number of halogens is 1. The zero-order valence-electron chi connectivity index (χ0n) is 12.0. The highest BCUT2D eigenvalue weighted by Gasteiger charge is 2.34. The Morgan fingerprint density at radius 3 is 2.70 bits per heavy atom. The molecule has 20 heavy (non-hydrogen) atoms. The fourth-order valence-corrected chi connectivity index (χ4v) is 3.51. The smallest absolute Gasteiger partial charge is 0.0755 e. The Morgan fingerprint density at radius 1 is 1.35 bits per heavy atom. The summed E-state index contributed by atoms with van der Waals surface area (Å²) in [5, 5.41) is 0.838. The third kappa shape index (κ3) is 2.80. The lowest BCUT2D eigenvalue weighted by Gasteiger charge is -2.35. The van der Waals surface area contributed by atoms with Gasteiger partial charge < -0.3 is 15.4 Å². The molecular formula is C16H23ClN2O. The van der Waals surface area contributed by atoms with Crippen LogP contribution in [0, 0.1) is 0 Å². The van der Waals surface area contributed by atoms with Crippen LogP contribution in [-0.2, 0) is 11.2 Å². The topological polar surface area (TPSA) is 38.5 Å². The predicted molar refractivity (Wildman–Crippen MR) is 83.5 cm³/mol. The van der Waals surface area contributed by atoms with E-state index in [2.05, 4.69) is 17.9 Å². The molecule has 0 saturated carbocycles. The number of ether oxygens (including phenoxy) is 1. The van der Waals surface area contributed by atoms with E-state index in [1.54, 1.807) is 0 Å². The molecule has 2 N–H and O–H groups in total. The van der Waals surface area contributed by atoms with Crippen molar-refractivity contribution in [3.63, 3.8) is 0 Å². The van der Waals surface area contributed by atoms with Crippen LogP contribution in [0.3, 0.4) is 0 Å². The second-order valence-electron chi connectivity index (χ2n) is 5.97. The molecule has 0 amide bonds. The Labute approximate surface area is 126 Å². The molecule has 3 unspecified atom stereocenters. The normalized spacial score (nSPS) is 26.9. The number of benzene rings is 1. The molecule has 2 heterocycles. The standard InChI is InChI=1S/C16H23ClN2O/c1-2-11(18)8-14-15(17)4-3-5-16(14)19-9-12-6-7-13(10-19)20-12/h3-5,11-13H,2,6-10,18H2,1H3. The molecule has 3 atom stereocenters.